The Morgan fingerprint density at radius 3 is 2.53 bits per heavy atom. The zero-order valence-electron chi connectivity index (χ0n) is 8.99. The van der Waals surface area contributed by atoms with Crippen LogP contribution < -0.4 is 22.0 Å². The molecule has 2 nitrogen and oxygen atoms in total. The van der Waals surface area contributed by atoms with Crippen LogP contribution in [0.5, 0.6) is 0 Å². The second kappa shape index (κ2) is 6.67. The number of pyridine rings is 1. The molecule has 1 heterocycles. The van der Waals surface area contributed by atoms with E-state index in [2.05, 4.69) is 20.9 Å². The van der Waals surface area contributed by atoms with Gasteiger partial charge in [0.25, 0.3) is 0 Å². The molecule has 1 aromatic heterocycles. The molecule has 0 atom stereocenters. The molecule has 2 aromatic rings. The number of Topliss-reactive ketones (excluding diaryl/α,β-unsaturated/α-hetero) is 1. The lowest BCUT2D eigenvalue weighted by atomic mass is 10.1. The van der Waals surface area contributed by atoms with Crippen LogP contribution in [0.1, 0.15) is 16.1 Å². The first-order valence-corrected chi connectivity index (χ1v) is 5.79. The summed E-state index contributed by atoms with van der Waals surface area (Å²) in [4.78, 5) is 14.9. The molecule has 0 unspecified atom stereocenters. The van der Waals surface area contributed by atoms with Crippen molar-refractivity contribution in [2.75, 3.05) is 0 Å². The number of nitrogens with one attached hydrogen (secondary N) is 1. The zero-order valence-corrected chi connectivity index (χ0v) is 12.2. The van der Waals surface area contributed by atoms with E-state index in [1.165, 1.54) is 0 Å². The highest BCUT2D eigenvalue weighted by Crippen LogP contribution is 2.09. The fourth-order valence-corrected chi connectivity index (χ4v) is 1.89. The van der Waals surface area contributed by atoms with Gasteiger partial charge in [-0.15, -0.1) is 0 Å². The van der Waals surface area contributed by atoms with Crippen molar-refractivity contribution < 1.29 is 26.8 Å². The van der Waals surface area contributed by atoms with E-state index in [0.29, 0.717) is 6.42 Å². The SMILES string of the molecule is O=C(Cc1cc(Br)cc[nH+]1)c1ccccc1.[Br-]. The molecule has 1 aromatic carbocycles. The van der Waals surface area contributed by atoms with Gasteiger partial charge in [-0.25, -0.2) is 4.98 Å². The number of aromatic amines is 1. The fraction of sp³-hybridized carbons (Fsp3) is 0.0769. The first-order valence-electron chi connectivity index (χ1n) is 5.00. The van der Waals surface area contributed by atoms with Crippen LogP contribution in [0.2, 0.25) is 0 Å². The summed E-state index contributed by atoms with van der Waals surface area (Å²) in [6.07, 6.45) is 2.21. The number of rotatable bonds is 3. The maximum atomic E-state index is 11.9. The molecule has 0 bridgehead atoms. The van der Waals surface area contributed by atoms with E-state index in [1.807, 2.05) is 48.7 Å². The summed E-state index contributed by atoms with van der Waals surface area (Å²) in [7, 11) is 0. The van der Waals surface area contributed by atoms with Crippen molar-refractivity contribution in [3.63, 3.8) is 0 Å². The Kier molecular flexibility index (Phi) is 5.51. The van der Waals surface area contributed by atoms with Crippen LogP contribution in [0.3, 0.4) is 0 Å². The third-order valence-electron chi connectivity index (χ3n) is 2.27. The first-order chi connectivity index (χ1) is 7.75. The third-order valence-corrected chi connectivity index (χ3v) is 2.76. The van der Waals surface area contributed by atoms with Crippen LogP contribution in [0.4, 0.5) is 0 Å². The number of carbonyl (C=O) groups excluding carboxylic acids is 1. The van der Waals surface area contributed by atoms with Gasteiger partial charge in [-0.3, -0.25) is 4.79 Å². The van der Waals surface area contributed by atoms with Crippen molar-refractivity contribution in [3.8, 4) is 0 Å². The molecule has 0 spiro atoms. The van der Waals surface area contributed by atoms with E-state index >= 15 is 0 Å². The Balaban J connectivity index is 0.00000144. The maximum Gasteiger partial charge on any atom is 0.188 e. The number of aromatic nitrogens is 1. The Morgan fingerprint density at radius 1 is 1.18 bits per heavy atom. The fourth-order valence-electron chi connectivity index (χ4n) is 1.49. The molecular weight excluding hydrogens is 346 g/mol. The van der Waals surface area contributed by atoms with Gasteiger partial charge in [0.2, 0.25) is 0 Å². The summed E-state index contributed by atoms with van der Waals surface area (Å²) in [6, 6.07) is 13.1. The van der Waals surface area contributed by atoms with Gasteiger partial charge in [0.1, 0.15) is 0 Å². The topological polar surface area (TPSA) is 31.2 Å². The molecule has 0 aliphatic rings. The third kappa shape index (κ3) is 4.06. The van der Waals surface area contributed by atoms with Crippen molar-refractivity contribution in [3.05, 3.63) is 64.4 Å². The highest BCUT2D eigenvalue weighted by molar-refractivity contribution is 9.10. The van der Waals surface area contributed by atoms with E-state index in [4.69, 9.17) is 0 Å². The van der Waals surface area contributed by atoms with Gasteiger partial charge < -0.3 is 17.0 Å². The summed E-state index contributed by atoms with van der Waals surface area (Å²) >= 11 is 3.38. The minimum Gasteiger partial charge on any atom is -1.00 e. The molecular formula is C13H11Br2NO. The molecule has 88 valence electrons. The van der Waals surface area contributed by atoms with Gasteiger partial charge in [0.05, 0.1) is 6.42 Å². The molecule has 1 N–H and O–H groups in total. The summed E-state index contributed by atoms with van der Waals surface area (Å²) in [5, 5.41) is 0. The summed E-state index contributed by atoms with van der Waals surface area (Å²) in [5.41, 5.74) is 1.65. The second-order valence-electron chi connectivity index (χ2n) is 3.50. The van der Waals surface area contributed by atoms with Crippen LogP contribution in [-0.2, 0) is 6.42 Å². The minimum absolute atomic E-state index is 0. The molecule has 0 aliphatic carbocycles. The summed E-state index contributed by atoms with van der Waals surface area (Å²) in [5.74, 6) is 0.120. The van der Waals surface area contributed by atoms with Crippen molar-refractivity contribution in [1.29, 1.82) is 0 Å². The second-order valence-corrected chi connectivity index (χ2v) is 4.41. The van der Waals surface area contributed by atoms with Gasteiger partial charge in [-0.05, 0) is 0 Å². The molecule has 2 rings (SSSR count). The largest absolute Gasteiger partial charge is 1.00 e. The Labute approximate surface area is 119 Å². The highest BCUT2D eigenvalue weighted by atomic mass is 79.9. The monoisotopic (exact) mass is 355 g/mol. The smallest absolute Gasteiger partial charge is 0.188 e. The van der Waals surface area contributed by atoms with E-state index in [0.717, 1.165) is 15.7 Å². The van der Waals surface area contributed by atoms with Gasteiger partial charge in [0, 0.05) is 22.2 Å². The summed E-state index contributed by atoms with van der Waals surface area (Å²) in [6.45, 7) is 0. The zero-order chi connectivity index (χ0) is 11.4. The number of benzene rings is 1. The van der Waals surface area contributed by atoms with Gasteiger partial charge in [0.15, 0.2) is 17.7 Å². The predicted octanol–water partition coefficient (Wildman–Crippen LogP) is -0.307. The highest BCUT2D eigenvalue weighted by Gasteiger charge is 2.10. The number of ketones is 1. The number of H-pyrrole nitrogens is 1. The molecule has 17 heavy (non-hydrogen) atoms. The van der Waals surface area contributed by atoms with Gasteiger partial charge in [-0.1, -0.05) is 46.3 Å². The molecule has 0 aliphatic heterocycles. The van der Waals surface area contributed by atoms with E-state index in [9.17, 15) is 4.79 Å². The molecule has 0 saturated carbocycles. The van der Waals surface area contributed by atoms with E-state index in [1.54, 1.807) is 0 Å². The molecule has 0 amide bonds. The number of hydrogen-bond acceptors (Lipinski definition) is 1. The quantitative estimate of drug-likeness (QED) is 0.694. The van der Waals surface area contributed by atoms with E-state index < -0.39 is 0 Å². The number of halogens is 2. The van der Waals surface area contributed by atoms with Crippen molar-refractivity contribution >= 4 is 21.7 Å². The molecule has 0 radical (unpaired) electrons. The maximum absolute atomic E-state index is 11.9. The number of hydrogen-bond donors (Lipinski definition) is 0. The predicted molar refractivity (Wildman–Crippen MR) is 65.2 cm³/mol. The van der Waals surface area contributed by atoms with E-state index in [-0.39, 0.29) is 22.8 Å². The van der Waals surface area contributed by atoms with Gasteiger partial charge in [-0.2, -0.15) is 0 Å². The molecule has 0 saturated heterocycles. The summed E-state index contributed by atoms with van der Waals surface area (Å²) < 4.78 is 0.974. The van der Waals surface area contributed by atoms with Crippen molar-refractivity contribution in [1.82, 2.24) is 0 Å². The standard InChI is InChI=1S/C13H10BrNO.BrH/c14-11-6-7-15-12(8-11)9-13(16)10-4-2-1-3-5-10;/h1-8H,9H2;1H. The average molecular weight is 357 g/mol. The lowest BCUT2D eigenvalue weighted by Gasteiger charge is -1.97. The Hall–Kier alpha value is -1.00. The number of carbonyl (C=O) groups is 1. The normalized spacial score (nSPS) is 9.47. The van der Waals surface area contributed by atoms with Crippen molar-refractivity contribution in [2.24, 2.45) is 0 Å². The first kappa shape index (κ1) is 14.1. The minimum atomic E-state index is 0. The van der Waals surface area contributed by atoms with Crippen molar-refractivity contribution in [2.45, 2.75) is 6.42 Å². The van der Waals surface area contributed by atoms with Gasteiger partial charge >= 0.3 is 0 Å². The average Bonchev–Trinajstić information content (AvgIpc) is 2.30. The van der Waals surface area contributed by atoms with Crippen LogP contribution in [0.25, 0.3) is 0 Å². The lowest BCUT2D eigenvalue weighted by Crippen LogP contribution is -3.00. The van der Waals surface area contributed by atoms with Crippen LogP contribution in [0, 0.1) is 0 Å². The van der Waals surface area contributed by atoms with Crippen LogP contribution in [0.15, 0.2) is 53.1 Å². The molecule has 0 fully saturated rings. The molecule has 4 heteroatoms. The lowest BCUT2D eigenvalue weighted by molar-refractivity contribution is -0.389. The van der Waals surface area contributed by atoms with Crippen LogP contribution >= 0.6 is 15.9 Å². The Morgan fingerprint density at radius 2 is 1.88 bits per heavy atom. The van der Waals surface area contributed by atoms with Crippen LogP contribution in [-0.4, -0.2) is 5.78 Å². The Bertz CT molecular complexity index is 500.